The number of piperazine rings is 1. The van der Waals surface area contributed by atoms with Crippen LogP contribution in [0.1, 0.15) is 55.0 Å². The molecule has 37 heavy (non-hydrogen) atoms. The molecule has 4 rings (SSSR count). The van der Waals surface area contributed by atoms with Crippen LogP contribution in [0.3, 0.4) is 0 Å². The second kappa shape index (κ2) is 9.59. The molecule has 5 nitrogen and oxygen atoms in total. The molecular weight excluding hydrogens is 502 g/mol. The van der Waals surface area contributed by atoms with E-state index in [1.165, 1.54) is 6.92 Å². The summed E-state index contributed by atoms with van der Waals surface area (Å²) in [5.41, 5.74) is -4.00. The Hall–Kier alpha value is -2.63. The summed E-state index contributed by atoms with van der Waals surface area (Å²) in [6, 6.07) is 10.6. The summed E-state index contributed by atoms with van der Waals surface area (Å²) in [6.07, 6.45) is -11.0. The number of carbonyl (C=O) groups excluding carboxylic acids is 1. The molecule has 2 aliphatic heterocycles. The third-order valence-electron chi connectivity index (χ3n) is 7.55. The molecule has 0 saturated carbocycles. The van der Waals surface area contributed by atoms with Gasteiger partial charge in [-0.1, -0.05) is 30.3 Å². The molecule has 2 aromatic carbocycles. The van der Waals surface area contributed by atoms with Gasteiger partial charge in [-0.3, -0.25) is 9.69 Å². The first-order chi connectivity index (χ1) is 17.2. The van der Waals surface area contributed by atoms with Gasteiger partial charge in [0, 0.05) is 6.54 Å². The maximum Gasteiger partial charge on any atom is 0.416 e. The smallest absolute Gasteiger partial charge is 0.391 e. The molecule has 2 heterocycles. The lowest BCUT2D eigenvalue weighted by molar-refractivity contribution is -0.151. The summed E-state index contributed by atoms with van der Waals surface area (Å²) in [6.45, 7) is 3.23. The van der Waals surface area contributed by atoms with Gasteiger partial charge in [0.15, 0.2) is 0 Å². The first kappa shape index (κ1) is 27.4. The molecule has 2 N–H and O–H groups in total. The third-order valence-corrected chi connectivity index (χ3v) is 7.55. The number of nitrogens with zero attached hydrogens (tertiary/aromatic N) is 1. The van der Waals surface area contributed by atoms with E-state index in [0.717, 1.165) is 5.56 Å². The maximum atomic E-state index is 13.4. The zero-order chi connectivity index (χ0) is 27.2. The third kappa shape index (κ3) is 5.35. The second-order valence-corrected chi connectivity index (χ2v) is 9.93. The minimum Gasteiger partial charge on any atom is -0.391 e. The number of benzene rings is 2. The standard InChI is InChI=1S/C26H28F6N2O3/c1-16(18-10-20(25(27,28)29)12-21(11-18)26(30,31)32)37-15-24(19-6-4-3-5-7-19)9-8-23(17(2)35)14-34(24)13-22(36)33-23/h3-7,10-12,16-17,35H,8-9,13-15H2,1-2H3,(H,33,36)/t16-,17?,23+,24-/m1/s1. The fourth-order valence-corrected chi connectivity index (χ4v) is 5.30. The minimum absolute atomic E-state index is 0.00286. The van der Waals surface area contributed by atoms with Crippen molar-refractivity contribution in [3.05, 3.63) is 70.8 Å². The maximum absolute atomic E-state index is 13.4. The van der Waals surface area contributed by atoms with E-state index >= 15 is 0 Å². The van der Waals surface area contributed by atoms with Crippen LogP contribution in [-0.2, 0) is 27.4 Å². The van der Waals surface area contributed by atoms with Gasteiger partial charge in [-0.05, 0) is 56.0 Å². The highest BCUT2D eigenvalue weighted by molar-refractivity contribution is 5.80. The number of alkyl halides is 6. The van der Waals surface area contributed by atoms with Crippen molar-refractivity contribution in [3.63, 3.8) is 0 Å². The van der Waals surface area contributed by atoms with Crippen LogP contribution in [-0.4, -0.2) is 47.3 Å². The Labute approximate surface area is 210 Å². The van der Waals surface area contributed by atoms with E-state index in [1.54, 1.807) is 6.92 Å². The average Bonchev–Trinajstić information content (AvgIpc) is 2.82. The van der Waals surface area contributed by atoms with Crippen LogP contribution in [0.5, 0.6) is 0 Å². The van der Waals surface area contributed by atoms with Crippen molar-refractivity contribution >= 4 is 5.91 Å². The molecule has 0 spiro atoms. The zero-order valence-electron chi connectivity index (χ0n) is 20.3. The highest BCUT2D eigenvalue weighted by atomic mass is 19.4. The predicted octanol–water partition coefficient (Wildman–Crippen LogP) is 5.04. The number of aliphatic hydroxyl groups excluding tert-OH is 1. The molecule has 2 unspecified atom stereocenters. The van der Waals surface area contributed by atoms with Gasteiger partial charge in [0.1, 0.15) is 0 Å². The number of rotatable bonds is 6. The zero-order valence-corrected chi connectivity index (χ0v) is 20.3. The number of amides is 1. The Morgan fingerprint density at radius 3 is 2.14 bits per heavy atom. The summed E-state index contributed by atoms with van der Waals surface area (Å²) in [7, 11) is 0. The highest BCUT2D eigenvalue weighted by Gasteiger charge is 2.54. The summed E-state index contributed by atoms with van der Waals surface area (Å²) >= 11 is 0. The molecule has 1 amide bonds. The van der Waals surface area contributed by atoms with Crippen LogP contribution in [0.4, 0.5) is 26.3 Å². The van der Waals surface area contributed by atoms with Gasteiger partial charge in [-0.15, -0.1) is 0 Å². The van der Waals surface area contributed by atoms with Crippen molar-refractivity contribution in [3.8, 4) is 0 Å². The summed E-state index contributed by atoms with van der Waals surface area (Å²) < 4.78 is 86.2. The number of piperidine rings is 1. The van der Waals surface area contributed by atoms with Crippen LogP contribution in [0.2, 0.25) is 0 Å². The van der Waals surface area contributed by atoms with Crippen molar-refractivity contribution in [1.82, 2.24) is 10.2 Å². The Morgan fingerprint density at radius 1 is 1.00 bits per heavy atom. The van der Waals surface area contributed by atoms with Gasteiger partial charge >= 0.3 is 12.4 Å². The lowest BCUT2D eigenvalue weighted by Gasteiger charge is -2.58. The van der Waals surface area contributed by atoms with Gasteiger partial charge in [-0.25, -0.2) is 0 Å². The molecule has 2 bridgehead atoms. The fourth-order valence-electron chi connectivity index (χ4n) is 5.30. The van der Waals surface area contributed by atoms with Crippen molar-refractivity contribution in [2.75, 3.05) is 19.7 Å². The lowest BCUT2D eigenvalue weighted by Crippen LogP contribution is -2.74. The number of hydrogen-bond donors (Lipinski definition) is 2. The van der Waals surface area contributed by atoms with Gasteiger partial charge in [-0.2, -0.15) is 26.3 Å². The van der Waals surface area contributed by atoms with E-state index < -0.39 is 46.8 Å². The van der Waals surface area contributed by atoms with Crippen LogP contribution < -0.4 is 5.32 Å². The molecule has 2 fully saturated rings. The van der Waals surface area contributed by atoms with Crippen LogP contribution in [0, 0.1) is 0 Å². The Bertz CT molecular complexity index is 1110. The van der Waals surface area contributed by atoms with Gasteiger partial charge in [0.2, 0.25) is 5.91 Å². The molecule has 11 heteroatoms. The lowest BCUT2D eigenvalue weighted by atomic mass is 9.71. The number of fused-ring (bicyclic) bond motifs is 2. The molecule has 0 radical (unpaired) electrons. The van der Waals surface area contributed by atoms with E-state index in [0.29, 0.717) is 31.5 Å². The van der Waals surface area contributed by atoms with E-state index in [4.69, 9.17) is 4.74 Å². The van der Waals surface area contributed by atoms with Crippen molar-refractivity contribution in [2.24, 2.45) is 0 Å². The van der Waals surface area contributed by atoms with Crippen molar-refractivity contribution in [2.45, 2.75) is 62.3 Å². The Balaban J connectivity index is 1.68. The van der Waals surface area contributed by atoms with Gasteiger partial charge < -0.3 is 15.2 Å². The molecular formula is C26H28F6N2O3. The van der Waals surface area contributed by atoms with Crippen molar-refractivity contribution in [1.29, 1.82) is 0 Å². The molecule has 2 aliphatic rings. The summed E-state index contributed by atoms with van der Waals surface area (Å²) in [5.74, 6) is -0.284. The number of halogens is 6. The fraction of sp³-hybridized carbons (Fsp3) is 0.500. The largest absolute Gasteiger partial charge is 0.416 e. The molecule has 0 aliphatic carbocycles. The average molecular weight is 531 g/mol. The first-order valence-corrected chi connectivity index (χ1v) is 11.9. The van der Waals surface area contributed by atoms with Crippen LogP contribution in [0.25, 0.3) is 0 Å². The molecule has 2 saturated heterocycles. The van der Waals surface area contributed by atoms with Gasteiger partial charge in [0.05, 0.1) is 47.6 Å². The SMILES string of the molecule is CC(O)[C@@]12CC[C@@](CO[C@H](C)c3cc(C(F)(F)F)cc(C(F)(F)F)c3)(c3ccccc3)N(CC(=O)N1)C2. The molecule has 202 valence electrons. The van der Waals surface area contributed by atoms with Crippen LogP contribution >= 0.6 is 0 Å². The summed E-state index contributed by atoms with van der Waals surface area (Å²) in [5, 5.41) is 13.3. The topological polar surface area (TPSA) is 61.8 Å². The van der Waals surface area contributed by atoms with E-state index in [9.17, 15) is 36.2 Å². The first-order valence-electron chi connectivity index (χ1n) is 11.9. The minimum atomic E-state index is -4.96. The second-order valence-electron chi connectivity index (χ2n) is 9.93. The number of ether oxygens (including phenoxy) is 1. The molecule has 0 aromatic heterocycles. The van der Waals surface area contributed by atoms with E-state index in [2.05, 4.69) is 5.32 Å². The molecule has 2 aromatic rings. The number of nitrogens with one attached hydrogen (secondary N) is 1. The monoisotopic (exact) mass is 530 g/mol. The Kier molecular flexibility index (Phi) is 7.11. The van der Waals surface area contributed by atoms with E-state index in [1.807, 2.05) is 35.2 Å². The molecule has 5 atom stereocenters. The summed E-state index contributed by atoms with van der Waals surface area (Å²) in [4.78, 5) is 14.5. The van der Waals surface area contributed by atoms with Gasteiger partial charge in [0.25, 0.3) is 0 Å². The van der Waals surface area contributed by atoms with E-state index in [-0.39, 0.29) is 30.7 Å². The predicted molar refractivity (Wildman–Crippen MR) is 122 cm³/mol. The number of aliphatic hydroxyl groups is 1. The Morgan fingerprint density at radius 2 is 1.59 bits per heavy atom. The number of carbonyl (C=O) groups is 1. The highest BCUT2D eigenvalue weighted by Crippen LogP contribution is 2.45. The van der Waals surface area contributed by atoms with Crippen LogP contribution in [0.15, 0.2) is 48.5 Å². The van der Waals surface area contributed by atoms with Crippen molar-refractivity contribution < 1.29 is 41.0 Å². The number of hydrogen-bond acceptors (Lipinski definition) is 4. The normalized spacial score (nSPS) is 27.9. The quantitative estimate of drug-likeness (QED) is 0.514.